The molecule has 1 aromatic carbocycles. The third-order valence-corrected chi connectivity index (χ3v) is 4.50. The Kier molecular flexibility index (Phi) is 3.46. The van der Waals surface area contributed by atoms with Crippen molar-refractivity contribution in [3.05, 3.63) is 36.2 Å². The lowest BCUT2D eigenvalue weighted by molar-refractivity contribution is 0.685. The minimum atomic E-state index is 0.294. The van der Waals surface area contributed by atoms with Crippen molar-refractivity contribution in [2.75, 3.05) is 5.32 Å². The van der Waals surface area contributed by atoms with Crippen molar-refractivity contribution in [2.45, 2.75) is 38.3 Å². The van der Waals surface area contributed by atoms with E-state index in [0.717, 1.165) is 47.1 Å². The van der Waals surface area contributed by atoms with Gasteiger partial charge in [0.15, 0.2) is 0 Å². The molecule has 1 saturated carbocycles. The number of aromatic amines is 1. The summed E-state index contributed by atoms with van der Waals surface area (Å²) in [6, 6.07) is 8.77. The summed E-state index contributed by atoms with van der Waals surface area (Å²) >= 11 is 0. The average molecular weight is 308 g/mol. The SMILES string of the molecule is Cc1[nH]nc2ccc(-c3ccnc(N[C@H]4CC[C@H](N)C4)n3)cc12. The number of rotatable bonds is 3. The van der Waals surface area contributed by atoms with E-state index in [2.05, 4.69) is 31.5 Å². The number of benzene rings is 1. The van der Waals surface area contributed by atoms with Crippen molar-refractivity contribution in [1.29, 1.82) is 0 Å². The molecule has 1 fully saturated rings. The van der Waals surface area contributed by atoms with Crippen LogP contribution in [0.15, 0.2) is 30.5 Å². The fraction of sp³-hybridized carbons (Fsp3) is 0.353. The van der Waals surface area contributed by atoms with Crippen molar-refractivity contribution in [1.82, 2.24) is 20.2 Å². The summed E-state index contributed by atoms with van der Waals surface area (Å²) in [4.78, 5) is 9.00. The zero-order valence-electron chi connectivity index (χ0n) is 13.1. The van der Waals surface area contributed by atoms with Crippen molar-refractivity contribution >= 4 is 16.9 Å². The highest BCUT2D eigenvalue weighted by atomic mass is 15.1. The maximum absolute atomic E-state index is 5.97. The predicted octanol–water partition coefficient (Wildman–Crippen LogP) is 2.62. The van der Waals surface area contributed by atoms with E-state index in [-0.39, 0.29) is 0 Å². The highest BCUT2D eigenvalue weighted by Gasteiger charge is 2.22. The van der Waals surface area contributed by atoms with E-state index in [0.29, 0.717) is 18.0 Å². The highest BCUT2D eigenvalue weighted by Crippen LogP contribution is 2.25. The lowest BCUT2D eigenvalue weighted by Gasteiger charge is -2.12. The van der Waals surface area contributed by atoms with E-state index < -0.39 is 0 Å². The number of hydrogen-bond donors (Lipinski definition) is 3. The van der Waals surface area contributed by atoms with Gasteiger partial charge in [0.05, 0.1) is 11.2 Å². The monoisotopic (exact) mass is 308 g/mol. The summed E-state index contributed by atoms with van der Waals surface area (Å²) < 4.78 is 0. The highest BCUT2D eigenvalue weighted by molar-refractivity contribution is 5.85. The van der Waals surface area contributed by atoms with Crippen LogP contribution in [-0.2, 0) is 0 Å². The Bertz CT molecular complexity index is 840. The first-order chi connectivity index (χ1) is 11.2. The molecular formula is C17H20N6. The van der Waals surface area contributed by atoms with E-state index >= 15 is 0 Å². The van der Waals surface area contributed by atoms with Crippen LogP contribution in [0.4, 0.5) is 5.95 Å². The van der Waals surface area contributed by atoms with Gasteiger partial charge in [-0.1, -0.05) is 6.07 Å². The number of H-pyrrole nitrogens is 1. The first kappa shape index (κ1) is 14.1. The molecule has 4 rings (SSSR count). The molecular weight excluding hydrogens is 288 g/mol. The van der Waals surface area contributed by atoms with E-state index in [1.54, 1.807) is 6.20 Å². The number of aromatic nitrogens is 4. The van der Waals surface area contributed by atoms with Gasteiger partial charge < -0.3 is 11.1 Å². The Morgan fingerprint density at radius 1 is 1.26 bits per heavy atom. The van der Waals surface area contributed by atoms with Gasteiger partial charge in [-0.05, 0) is 44.4 Å². The summed E-state index contributed by atoms with van der Waals surface area (Å²) in [5.41, 5.74) is 9.98. The third kappa shape index (κ3) is 2.77. The van der Waals surface area contributed by atoms with Gasteiger partial charge in [-0.3, -0.25) is 5.10 Å². The maximum Gasteiger partial charge on any atom is 0.223 e. The molecule has 6 nitrogen and oxygen atoms in total. The third-order valence-electron chi connectivity index (χ3n) is 4.50. The molecule has 0 aliphatic heterocycles. The number of fused-ring (bicyclic) bond motifs is 1. The normalized spacial score (nSPS) is 21.0. The lowest BCUT2D eigenvalue weighted by atomic mass is 10.1. The second kappa shape index (κ2) is 5.62. The van der Waals surface area contributed by atoms with Gasteiger partial charge >= 0.3 is 0 Å². The Morgan fingerprint density at radius 3 is 3.00 bits per heavy atom. The molecule has 0 saturated heterocycles. The molecule has 2 heterocycles. The van der Waals surface area contributed by atoms with Gasteiger partial charge in [0.25, 0.3) is 0 Å². The molecule has 0 radical (unpaired) electrons. The molecule has 2 atom stereocenters. The van der Waals surface area contributed by atoms with Crippen LogP contribution in [0.25, 0.3) is 22.2 Å². The summed E-state index contributed by atoms with van der Waals surface area (Å²) in [5.74, 6) is 0.672. The second-order valence-corrected chi connectivity index (χ2v) is 6.26. The molecule has 1 aliphatic carbocycles. The van der Waals surface area contributed by atoms with Crippen LogP contribution in [0.3, 0.4) is 0 Å². The average Bonchev–Trinajstić information content (AvgIpc) is 3.14. The van der Waals surface area contributed by atoms with Crippen LogP contribution < -0.4 is 11.1 Å². The summed E-state index contributed by atoms with van der Waals surface area (Å²) in [6.45, 7) is 2.02. The molecule has 3 aromatic rings. The molecule has 0 amide bonds. The van der Waals surface area contributed by atoms with Gasteiger partial charge in [-0.2, -0.15) is 5.10 Å². The molecule has 118 valence electrons. The zero-order valence-corrected chi connectivity index (χ0v) is 13.1. The topological polar surface area (TPSA) is 92.5 Å². The number of nitrogens with zero attached hydrogens (tertiary/aromatic N) is 3. The summed E-state index contributed by atoms with van der Waals surface area (Å²) in [6.07, 6.45) is 4.92. The first-order valence-electron chi connectivity index (χ1n) is 7.99. The lowest BCUT2D eigenvalue weighted by Crippen LogP contribution is -2.21. The minimum absolute atomic E-state index is 0.294. The molecule has 0 spiro atoms. The van der Waals surface area contributed by atoms with Crippen molar-refractivity contribution in [3.8, 4) is 11.3 Å². The Hall–Kier alpha value is -2.47. The van der Waals surface area contributed by atoms with Crippen molar-refractivity contribution in [3.63, 3.8) is 0 Å². The number of hydrogen-bond acceptors (Lipinski definition) is 5. The Morgan fingerprint density at radius 2 is 2.17 bits per heavy atom. The number of aryl methyl sites for hydroxylation is 1. The molecule has 1 aliphatic rings. The molecule has 0 bridgehead atoms. The van der Waals surface area contributed by atoms with Crippen molar-refractivity contribution < 1.29 is 0 Å². The van der Waals surface area contributed by atoms with E-state index in [4.69, 9.17) is 5.73 Å². The van der Waals surface area contributed by atoms with E-state index in [1.807, 2.05) is 25.1 Å². The number of nitrogens with one attached hydrogen (secondary N) is 2. The summed E-state index contributed by atoms with van der Waals surface area (Å²) in [7, 11) is 0. The minimum Gasteiger partial charge on any atom is -0.351 e. The smallest absolute Gasteiger partial charge is 0.223 e. The quantitative estimate of drug-likeness (QED) is 0.691. The standard InChI is InChI=1S/C17H20N6/c1-10-14-8-11(2-5-16(14)23-22-10)15-6-7-19-17(21-15)20-13-4-3-12(18)9-13/h2,5-8,12-13H,3-4,9,18H2,1H3,(H,22,23)(H,19,20,21)/t12-,13-/m0/s1. The van der Waals surface area contributed by atoms with E-state index in [1.165, 1.54) is 0 Å². The second-order valence-electron chi connectivity index (χ2n) is 6.26. The van der Waals surface area contributed by atoms with Gasteiger partial charge in [-0.25, -0.2) is 9.97 Å². The van der Waals surface area contributed by atoms with Gasteiger partial charge in [0.1, 0.15) is 0 Å². The maximum atomic E-state index is 5.97. The van der Waals surface area contributed by atoms with E-state index in [9.17, 15) is 0 Å². The molecule has 2 aromatic heterocycles. The van der Waals surface area contributed by atoms with Crippen LogP contribution in [0.2, 0.25) is 0 Å². The molecule has 23 heavy (non-hydrogen) atoms. The van der Waals surface area contributed by atoms with Gasteiger partial charge in [0.2, 0.25) is 5.95 Å². The fourth-order valence-corrected chi connectivity index (χ4v) is 3.22. The van der Waals surface area contributed by atoms with Crippen LogP contribution in [0.5, 0.6) is 0 Å². The number of nitrogens with two attached hydrogens (primary N) is 1. The molecule has 6 heteroatoms. The number of anilines is 1. The first-order valence-corrected chi connectivity index (χ1v) is 7.99. The van der Waals surface area contributed by atoms with Gasteiger partial charge in [0, 0.05) is 34.9 Å². The van der Waals surface area contributed by atoms with Crippen LogP contribution in [0, 0.1) is 6.92 Å². The van der Waals surface area contributed by atoms with Crippen LogP contribution in [0.1, 0.15) is 25.0 Å². The Balaban J connectivity index is 1.62. The molecule has 0 unspecified atom stereocenters. The zero-order chi connectivity index (χ0) is 15.8. The molecule has 4 N–H and O–H groups in total. The fourth-order valence-electron chi connectivity index (χ4n) is 3.22. The van der Waals surface area contributed by atoms with Crippen LogP contribution >= 0.6 is 0 Å². The summed E-state index contributed by atoms with van der Waals surface area (Å²) in [5, 5.41) is 11.8. The Labute approximate surface area is 134 Å². The van der Waals surface area contributed by atoms with Crippen molar-refractivity contribution in [2.24, 2.45) is 5.73 Å². The van der Waals surface area contributed by atoms with Crippen LogP contribution in [-0.4, -0.2) is 32.2 Å². The largest absolute Gasteiger partial charge is 0.351 e. The predicted molar refractivity (Wildman–Crippen MR) is 91.1 cm³/mol. The van der Waals surface area contributed by atoms with Gasteiger partial charge in [-0.15, -0.1) is 0 Å².